The van der Waals surface area contributed by atoms with Gasteiger partial charge in [-0.1, -0.05) is 0 Å². The normalized spacial score (nSPS) is 32.7. The number of piperazine rings is 1. The summed E-state index contributed by atoms with van der Waals surface area (Å²) in [6.45, 7) is 14.8. The van der Waals surface area contributed by atoms with Crippen LogP contribution in [0, 0.1) is 0 Å². The van der Waals surface area contributed by atoms with Crippen molar-refractivity contribution in [2.45, 2.75) is 44.7 Å². The quantitative estimate of drug-likeness (QED) is 0.804. The summed E-state index contributed by atoms with van der Waals surface area (Å²) in [5.41, 5.74) is 6.70. The van der Waals surface area contributed by atoms with Crippen molar-refractivity contribution in [2.24, 2.45) is 5.73 Å². The third kappa shape index (κ3) is 3.30. The summed E-state index contributed by atoms with van der Waals surface area (Å²) >= 11 is 0. The predicted molar refractivity (Wildman–Crippen MR) is 81.4 cm³/mol. The molecule has 0 amide bonds. The molecule has 112 valence electrons. The van der Waals surface area contributed by atoms with Crippen LogP contribution in [0.3, 0.4) is 0 Å². The number of likely N-dealkylation sites (N-methyl/N-ethyl adjacent to an activating group) is 1. The Morgan fingerprint density at radius 3 is 2.16 bits per heavy atom. The smallest absolute Gasteiger partial charge is 0.0459 e. The summed E-state index contributed by atoms with van der Waals surface area (Å²) in [4.78, 5) is 7.72. The highest BCUT2D eigenvalue weighted by Gasteiger charge is 2.40. The number of nitrogens with zero attached hydrogens (tertiary/aromatic N) is 3. The average molecular weight is 268 g/mol. The lowest BCUT2D eigenvalue weighted by Gasteiger charge is -2.52. The molecule has 0 saturated carbocycles. The SMILES string of the molecule is CN1CCCC(CN)(N2CCN(C(C)(C)C)CC2)C1. The van der Waals surface area contributed by atoms with Crippen LogP contribution in [0.5, 0.6) is 0 Å². The molecule has 19 heavy (non-hydrogen) atoms. The number of hydrogen-bond donors (Lipinski definition) is 1. The lowest BCUT2D eigenvalue weighted by Crippen LogP contribution is -2.66. The van der Waals surface area contributed by atoms with Gasteiger partial charge >= 0.3 is 0 Å². The summed E-state index contributed by atoms with van der Waals surface area (Å²) < 4.78 is 0. The van der Waals surface area contributed by atoms with Crippen molar-refractivity contribution in [3.63, 3.8) is 0 Å². The van der Waals surface area contributed by atoms with Crippen molar-refractivity contribution in [1.82, 2.24) is 14.7 Å². The lowest BCUT2D eigenvalue weighted by molar-refractivity contribution is -0.0258. The summed E-state index contributed by atoms with van der Waals surface area (Å²) in [5, 5.41) is 0. The number of hydrogen-bond acceptors (Lipinski definition) is 4. The highest BCUT2D eigenvalue weighted by Crippen LogP contribution is 2.28. The van der Waals surface area contributed by atoms with Gasteiger partial charge in [-0.3, -0.25) is 9.80 Å². The Balaban J connectivity index is 1.99. The third-order valence-electron chi connectivity index (χ3n) is 5.03. The van der Waals surface area contributed by atoms with Crippen LogP contribution < -0.4 is 5.73 Å². The van der Waals surface area contributed by atoms with Crippen molar-refractivity contribution in [3.8, 4) is 0 Å². The van der Waals surface area contributed by atoms with Gasteiger partial charge in [-0.25, -0.2) is 0 Å². The molecule has 0 aromatic rings. The van der Waals surface area contributed by atoms with Crippen LogP contribution in [0.1, 0.15) is 33.6 Å². The minimum absolute atomic E-state index is 0.233. The van der Waals surface area contributed by atoms with Crippen LogP contribution in [0.15, 0.2) is 0 Å². The molecule has 2 saturated heterocycles. The zero-order valence-corrected chi connectivity index (χ0v) is 13.3. The first-order valence-electron chi connectivity index (χ1n) is 7.76. The van der Waals surface area contributed by atoms with Crippen LogP contribution in [-0.2, 0) is 0 Å². The van der Waals surface area contributed by atoms with Gasteiger partial charge in [0.25, 0.3) is 0 Å². The Morgan fingerprint density at radius 1 is 1.05 bits per heavy atom. The molecule has 2 fully saturated rings. The van der Waals surface area contributed by atoms with Crippen LogP contribution in [0.2, 0.25) is 0 Å². The van der Waals surface area contributed by atoms with E-state index in [0.717, 1.165) is 13.1 Å². The van der Waals surface area contributed by atoms with Gasteiger partial charge in [-0.05, 0) is 47.2 Å². The molecule has 4 nitrogen and oxygen atoms in total. The molecule has 0 spiro atoms. The molecule has 2 aliphatic heterocycles. The minimum atomic E-state index is 0.233. The van der Waals surface area contributed by atoms with Gasteiger partial charge in [0.15, 0.2) is 0 Å². The van der Waals surface area contributed by atoms with Gasteiger partial charge in [0, 0.05) is 50.3 Å². The first-order chi connectivity index (χ1) is 8.87. The molecule has 0 bridgehead atoms. The molecule has 2 heterocycles. The predicted octanol–water partition coefficient (Wildman–Crippen LogP) is 0.826. The first-order valence-corrected chi connectivity index (χ1v) is 7.76. The number of nitrogens with two attached hydrogens (primary N) is 1. The second-order valence-electron chi connectivity index (χ2n) is 7.41. The Labute approximate surface area is 118 Å². The molecule has 0 aromatic carbocycles. The Kier molecular flexibility index (Phi) is 4.56. The molecular weight excluding hydrogens is 236 g/mol. The minimum Gasteiger partial charge on any atom is -0.329 e. The van der Waals surface area contributed by atoms with E-state index in [0.29, 0.717) is 5.54 Å². The molecule has 2 N–H and O–H groups in total. The van der Waals surface area contributed by atoms with Gasteiger partial charge in [-0.15, -0.1) is 0 Å². The molecule has 0 aliphatic carbocycles. The first kappa shape index (κ1) is 15.2. The van der Waals surface area contributed by atoms with Crippen molar-refractivity contribution in [3.05, 3.63) is 0 Å². The van der Waals surface area contributed by atoms with Gasteiger partial charge in [0.1, 0.15) is 0 Å². The zero-order valence-electron chi connectivity index (χ0n) is 13.3. The van der Waals surface area contributed by atoms with Crippen molar-refractivity contribution >= 4 is 0 Å². The van der Waals surface area contributed by atoms with E-state index in [-0.39, 0.29) is 5.54 Å². The molecule has 2 rings (SSSR count). The van der Waals surface area contributed by atoms with E-state index in [1.807, 2.05) is 0 Å². The molecule has 0 aromatic heterocycles. The van der Waals surface area contributed by atoms with E-state index in [1.165, 1.54) is 45.6 Å². The summed E-state index contributed by atoms with van der Waals surface area (Å²) in [6.07, 6.45) is 2.55. The molecule has 0 radical (unpaired) electrons. The second-order valence-corrected chi connectivity index (χ2v) is 7.41. The van der Waals surface area contributed by atoms with E-state index in [4.69, 9.17) is 5.73 Å². The fourth-order valence-corrected chi connectivity index (χ4v) is 3.74. The fraction of sp³-hybridized carbons (Fsp3) is 1.00. The molecule has 1 atom stereocenters. The highest BCUT2D eigenvalue weighted by molar-refractivity contribution is 4.99. The number of rotatable bonds is 2. The summed E-state index contributed by atoms with van der Waals surface area (Å²) in [6, 6.07) is 0. The topological polar surface area (TPSA) is 35.7 Å². The molecule has 4 heteroatoms. The standard InChI is InChI=1S/C15H32N4/c1-14(2,3)18-8-10-19(11-9-18)15(12-16)6-5-7-17(4)13-15/h5-13,16H2,1-4H3. The monoisotopic (exact) mass is 268 g/mol. The van der Waals surface area contributed by atoms with E-state index >= 15 is 0 Å². The van der Waals surface area contributed by atoms with E-state index in [2.05, 4.69) is 42.5 Å². The maximum Gasteiger partial charge on any atom is 0.0459 e. The highest BCUT2D eigenvalue weighted by atomic mass is 15.3. The van der Waals surface area contributed by atoms with Crippen LogP contribution in [0.4, 0.5) is 0 Å². The van der Waals surface area contributed by atoms with Gasteiger partial charge in [0.05, 0.1) is 0 Å². The summed E-state index contributed by atoms with van der Waals surface area (Å²) in [5.74, 6) is 0. The molecule has 1 unspecified atom stereocenters. The Bertz CT molecular complexity index is 291. The lowest BCUT2D eigenvalue weighted by atomic mass is 9.86. The fourth-order valence-electron chi connectivity index (χ4n) is 3.74. The van der Waals surface area contributed by atoms with Gasteiger partial charge < -0.3 is 10.6 Å². The van der Waals surface area contributed by atoms with E-state index in [1.54, 1.807) is 0 Å². The van der Waals surface area contributed by atoms with Crippen molar-refractivity contribution < 1.29 is 0 Å². The average Bonchev–Trinajstić information content (AvgIpc) is 2.38. The Hall–Kier alpha value is -0.160. The van der Waals surface area contributed by atoms with Crippen molar-refractivity contribution in [2.75, 3.05) is 52.9 Å². The largest absolute Gasteiger partial charge is 0.329 e. The number of piperidine rings is 1. The van der Waals surface area contributed by atoms with Gasteiger partial charge in [-0.2, -0.15) is 0 Å². The molecular formula is C15H32N4. The third-order valence-corrected chi connectivity index (χ3v) is 5.03. The number of likely N-dealkylation sites (tertiary alicyclic amines) is 1. The van der Waals surface area contributed by atoms with E-state index < -0.39 is 0 Å². The van der Waals surface area contributed by atoms with Gasteiger partial charge in [0.2, 0.25) is 0 Å². The summed E-state index contributed by atoms with van der Waals surface area (Å²) in [7, 11) is 2.23. The maximum absolute atomic E-state index is 6.17. The van der Waals surface area contributed by atoms with E-state index in [9.17, 15) is 0 Å². The van der Waals surface area contributed by atoms with Crippen LogP contribution in [-0.4, -0.2) is 78.6 Å². The second kappa shape index (κ2) is 5.68. The molecule has 2 aliphatic rings. The van der Waals surface area contributed by atoms with Crippen LogP contribution in [0.25, 0.3) is 0 Å². The Morgan fingerprint density at radius 2 is 1.68 bits per heavy atom. The van der Waals surface area contributed by atoms with Crippen LogP contribution >= 0.6 is 0 Å². The zero-order chi connectivity index (χ0) is 14.1. The maximum atomic E-state index is 6.17. The van der Waals surface area contributed by atoms with Crippen molar-refractivity contribution in [1.29, 1.82) is 0 Å².